The molecule has 0 spiro atoms. The van der Waals surface area contributed by atoms with Gasteiger partial charge in [0.05, 0.1) is 18.3 Å². The fourth-order valence-electron chi connectivity index (χ4n) is 2.73. The third kappa shape index (κ3) is 4.43. The fourth-order valence-corrected chi connectivity index (χ4v) is 2.73. The highest BCUT2D eigenvalue weighted by molar-refractivity contribution is 5.69. The summed E-state index contributed by atoms with van der Waals surface area (Å²) < 4.78 is 10.6. The van der Waals surface area contributed by atoms with Crippen LogP contribution in [0.4, 0.5) is 16.2 Å². The number of nitrogens with one attached hydrogen (secondary N) is 1. The Morgan fingerprint density at radius 2 is 2.09 bits per heavy atom. The molecule has 6 nitrogen and oxygen atoms in total. The van der Waals surface area contributed by atoms with Crippen LogP contribution in [0.2, 0.25) is 0 Å². The van der Waals surface area contributed by atoms with Crippen LogP contribution >= 0.6 is 0 Å². The second kappa shape index (κ2) is 6.18. The van der Waals surface area contributed by atoms with Crippen molar-refractivity contribution >= 4 is 17.5 Å². The van der Waals surface area contributed by atoms with Gasteiger partial charge in [-0.15, -0.1) is 0 Å². The molecule has 1 atom stereocenters. The van der Waals surface area contributed by atoms with Crippen LogP contribution in [0.3, 0.4) is 0 Å². The maximum Gasteiger partial charge on any atom is 0.408 e. The van der Waals surface area contributed by atoms with Gasteiger partial charge in [-0.05, 0) is 46.2 Å². The number of carbonyl (C=O) groups excluding carboxylic acids is 1. The molecule has 1 aromatic carbocycles. The van der Waals surface area contributed by atoms with Gasteiger partial charge in [-0.2, -0.15) is 0 Å². The molecule has 1 amide bonds. The first kappa shape index (κ1) is 17.2. The first-order valence-corrected chi connectivity index (χ1v) is 7.81. The minimum absolute atomic E-state index is 0.322. The summed E-state index contributed by atoms with van der Waals surface area (Å²) >= 11 is 0. The smallest absolute Gasteiger partial charge is 0.408 e. The molecule has 0 aromatic heterocycles. The van der Waals surface area contributed by atoms with Crippen LogP contribution in [-0.2, 0) is 4.74 Å². The predicted molar refractivity (Wildman–Crippen MR) is 92.0 cm³/mol. The van der Waals surface area contributed by atoms with Gasteiger partial charge < -0.3 is 25.4 Å². The molecule has 0 aliphatic carbocycles. The Kier molecular flexibility index (Phi) is 4.63. The zero-order valence-corrected chi connectivity index (χ0v) is 14.6. The zero-order chi connectivity index (χ0) is 17.3. The van der Waals surface area contributed by atoms with E-state index < -0.39 is 5.60 Å². The summed E-state index contributed by atoms with van der Waals surface area (Å²) in [5.41, 5.74) is 6.69. The van der Waals surface area contributed by atoms with Crippen molar-refractivity contribution in [2.75, 3.05) is 30.8 Å². The summed E-state index contributed by atoms with van der Waals surface area (Å²) in [4.78, 5) is 14.2. The van der Waals surface area contributed by atoms with E-state index in [1.165, 1.54) is 0 Å². The third-order valence-electron chi connectivity index (χ3n) is 3.86. The lowest BCUT2D eigenvalue weighted by atomic mass is 10.0. The first-order chi connectivity index (χ1) is 10.6. The van der Waals surface area contributed by atoms with Crippen molar-refractivity contribution < 1.29 is 14.3 Å². The highest BCUT2D eigenvalue weighted by Gasteiger charge is 2.36. The van der Waals surface area contributed by atoms with Crippen LogP contribution in [0.1, 0.15) is 34.1 Å². The maximum absolute atomic E-state index is 12.0. The fraction of sp³-hybridized carbons (Fsp3) is 0.588. The van der Waals surface area contributed by atoms with Crippen molar-refractivity contribution in [3.8, 4) is 5.75 Å². The molecule has 1 aliphatic heterocycles. The average Bonchev–Trinajstić information content (AvgIpc) is 2.79. The Morgan fingerprint density at radius 1 is 1.39 bits per heavy atom. The SMILES string of the molecule is COc1cc(N2CCC(C)(NC(=O)OC(C)(C)C)C2)ccc1N. The lowest BCUT2D eigenvalue weighted by Crippen LogP contribution is -2.49. The number of hydrogen-bond donors (Lipinski definition) is 2. The minimum atomic E-state index is -0.497. The van der Waals surface area contributed by atoms with E-state index in [0.717, 1.165) is 18.7 Å². The second-order valence-corrected chi connectivity index (χ2v) is 7.29. The molecule has 6 heteroatoms. The van der Waals surface area contributed by atoms with Crippen LogP contribution in [-0.4, -0.2) is 37.4 Å². The van der Waals surface area contributed by atoms with Crippen LogP contribution < -0.4 is 20.7 Å². The van der Waals surface area contributed by atoms with Crippen molar-refractivity contribution in [1.29, 1.82) is 0 Å². The molecular formula is C17H27N3O3. The second-order valence-electron chi connectivity index (χ2n) is 7.29. The van der Waals surface area contributed by atoms with Crippen LogP contribution in [0.5, 0.6) is 5.75 Å². The normalized spacial score (nSPS) is 21.2. The molecule has 1 fully saturated rings. The molecule has 3 N–H and O–H groups in total. The molecular weight excluding hydrogens is 294 g/mol. The molecule has 0 radical (unpaired) electrons. The standard InChI is InChI=1S/C17H27N3O3/c1-16(2,3)23-15(21)19-17(4)8-9-20(11-17)12-6-7-13(18)14(10-12)22-5/h6-7,10H,8-9,11,18H2,1-5H3,(H,19,21). The van der Waals surface area contributed by atoms with E-state index in [4.69, 9.17) is 15.2 Å². The number of benzene rings is 1. The van der Waals surface area contributed by atoms with Gasteiger partial charge in [0.1, 0.15) is 11.4 Å². The summed E-state index contributed by atoms with van der Waals surface area (Å²) in [5, 5.41) is 2.99. The Morgan fingerprint density at radius 3 is 2.70 bits per heavy atom. The molecule has 1 heterocycles. The van der Waals surface area contributed by atoms with Gasteiger partial charge in [0, 0.05) is 24.8 Å². The summed E-state index contributed by atoms with van der Waals surface area (Å²) in [5.74, 6) is 0.663. The van der Waals surface area contributed by atoms with Gasteiger partial charge in [-0.25, -0.2) is 4.79 Å². The average molecular weight is 321 g/mol. The van der Waals surface area contributed by atoms with E-state index in [1.807, 2.05) is 45.9 Å². The first-order valence-electron chi connectivity index (χ1n) is 7.81. The number of nitrogens with two attached hydrogens (primary N) is 1. The van der Waals surface area contributed by atoms with Crippen LogP contribution in [0, 0.1) is 0 Å². The van der Waals surface area contributed by atoms with Crippen molar-refractivity contribution in [2.24, 2.45) is 0 Å². The number of nitrogens with zero attached hydrogens (tertiary/aromatic N) is 1. The zero-order valence-electron chi connectivity index (χ0n) is 14.6. The molecule has 0 saturated carbocycles. The lowest BCUT2D eigenvalue weighted by Gasteiger charge is -2.29. The minimum Gasteiger partial charge on any atom is -0.495 e. The van der Waals surface area contributed by atoms with E-state index in [2.05, 4.69) is 10.2 Å². The van der Waals surface area contributed by atoms with Crippen molar-refractivity contribution in [3.63, 3.8) is 0 Å². The Labute approximate surface area is 137 Å². The third-order valence-corrected chi connectivity index (χ3v) is 3.86. The molecule has 128 valence electrons. The number of anilines is 2. The summed E-state index contributed by atoms with van der Waals surface area (Å²) in [6.45, 7) is 9.16. The van der Waals surface area contributed by atoms with E-state index >= 15 is 0 Å². The number of methoxy groups -OCH3 is 1. The van der Waals surface area contributed by atoms with Crippen LogP contribution in [0.25, 0.3) is 0 Å². The van der Waals surface area contributed by atoms with Gasteiger partial charge >= 0.3 is 6.09 Å². The number of amides is 1. The largest absolute Gasteiger partial charge is 0.495 e. The Hall–Kier alpha value is -2.11. The molecule has 1 saturated heterocycles. The summed E-state index contributed by atoms with van der Waals surface area (Å²) in [7, 11) is 1.60. The molecule has 2 rings (SSSR count). The van der Waals surface area contributed by atoms with Gasteiger partial charge in [0.25, 0.3) is 0 Å². The van der Waals surface area contributed by atoms with Crippen molar-refractivity contribution in [3.05, 3.63) is 18.2 Å². The lowest BCUT2D eigenvalue weighted by molar-refractivity contribution is 0.0473. The van der Waals surface area contributed by atoms with Gasteiger partial charge in [0.2, 0.25) is 0 Å². The number of nitrogen functional groups attached to an aromatic ring is 1. The highest BCUT2D eigenvalue weighted by Crippen LogP contribution is 2.32. The number of carbonyl (C=O) groups is 1. The number of rotatable bonds is 3. The molecule has 23 heavy (non-hydrogen) atoms. The summed E-state index contributed by atoms with van der Waals surface area (Å²) in [6.07, 6.45) is 0.468. The van der Waals surface area contributed by atoms with Crippen molar-refractivity contribution in [1.82, 2.24) is 5.32 Å². The Balaban J connectivity index is 2.03. The topological polar surface area (TPSA) is 76.8 Å². The molecule has 0 bridgehead atoms. The predicted octanol–water partition coefficient (Wildman–Crippen LogP) is 2.77. The maximum atomic E-state index is 12.0. The summed E-state index contributed by atoms with van der Waals surface area (Å²) in [6, 6.07) is 5.73. The highest BCUT2D eigenvalue weighted by atomic mass is 16.6. The monoisotopic (exact) mass is 321 g/mol. The van der Waals surface area contributed by atoms with E-state index in [-0.39, 0.29) is 11.6 Å². The quantitative estimate of drug-likeness (QED) is 0.837. The van der Waals surface area contributed by atoms with Crippen LogP contribution in [0.15, 0.2) is 18.2 Å². The Bertz CT molecular complexity index is 583. The number of hydrogen-bond acceptors (Lipinski definition) is 5. The number of ether oxygens (including phenoxy) is 2. The van der Waals surface area contributed by atoms with Crippen molar-refractivity contribution in [2.45, 2.75) is 45.3 Å². The molecule has 1 aliphatic rings. The molecule has 1 unspecified atom stereocenters. The van der Waals surface area contributed by atoms with Gasteiger partial charge in [-0.1, -0.05) is 0 Å². The van der Waals surface area contributed by atoms with E-state index in [1.54, 1.807) is 7.11 Å². The van der Waals surface area contributed by atoms with E-state index in [9.17, 15) is 4.79 Å². The van der Waals surface area contributed by atoms with Gasteiger partial charge in [-0.3, -0.25) is 0 Å². The molecule has 1 aromatic rings. The number of alkyl carbamates (subject to hydrolysis) is 1. The van der Waals surface area contributed by atoms with Gasteiger partial charge in [0.15, 0.2) is 0 Å². The van der Waals surface area contributed by atoms with E-state index in [0.29, 0.717) is 18.0 Å².